The molecule has 104 valence electrons. The number of aromatic nitrogens is 1. The van der Waals surface area contributed by atoms with Gasteiger partial charge in [-0.2, -0.15) is 0 Å². The Balaban J connectivity index is 2.25. The number of nitrogens with one attached hydrogen (secondary N) is 1. The summed E-state index contributed by atoms with van der Waals surface area (Å²) in [7, 11) is 0. The molecule has 1 aromatic heterocycles. The summed E-state index contributed by atoms with van der Waals surface area (Å²) in [5.41, 5.74) is 0.875. The maximum atomic E-state index is 10.9. The Labute approximate surface area is 118 Å². The first-order valence-electron chi connectivity index (χ1n) is 5.64. The van der Waals surface area contributed by atoms with Gasteiger partial charge in [0.2, 0.25) is 0 Å². The minimum atomic E-state index is -1.13. The van der Waals surface area contributed by atoms with Crippen LogP contribution < -0.4 is 5.32 Å². The fourth-order valence-electron chi connectivity index (χ4n) is 1.62. The number of nitrogens with zero attached hydrogens (tertiary/aromatic N) is 2. The lowest BCUT2D eigenvalue weighted by Gasteiger charge is -2.06. The third kappa shape index (κ3) is 3.09. The standard InChI is InChI=1S/C12H11N3O4S/c1-7-6-20-11(14-7)5-13-9-4-8(12(16)17)2-3-10(9)15(18)19/h2-4,6,13H,5H2,1H3,(H,16,17). The molecule has 2 rings (SSSR count). The van der Waals surface area contributed by atoms with Crippen molar-refractivity contribution in [3.05, 3.63) is 50.0 Å². The number of carboxylic acids is 1. The van der Waals surface area contributed by atoms with Crippen molar-refractivity contribution >= 4 is 28.7 Å². The molecule has 0 aliphatic rings. The number of nitro groups is 1. The number of hydrogen-bond acceptors (Lipinski definition) is 6. The highest BCUT2D eigenvalue weighted by Gasteiger charge is 2.16. The number of rotatable bonds is 5. The Kier molecular flexibility index (Phi) is 3.94. The van der Waals surface area contributed by atoms with Crippen LogP contribution in [0.1, 0.15) is 21.1 Å². The Hall–Kier alpha value is -2.48. The molecule has 0 bridgehead atoms. The van der Waals surface area contributed by atoms with Gasteiger partial charge >= 0.3 is 5.97 Å². The number of benzene rings is 1. The highest BCUT2D eigenvalue weighted by Crippen LogP contribution is 2.26. The summed E-state index contributed by atoms with van der Waals surface area (Å²) < 4.78 is 0. The van der Waals surface area contributed by atoms with Crippen LogP contribution in [0.4, 0.5) is 11.4 Å². The van der Waals surface area contributed by atoms with Gasteiger partial charge in [-0.1, -0.05) is 0 Å². The van der Waals surface area contributed by atoms with Gasteiger partial charge in [0.15, 0.2) is 0 Å². The van der Waals surface area contributed by atoms with Gasteiger partial charge in [-0.25, -0.2) is 9.78 Å². The van der Waals surface area contributed by atoms with Crippen molar-refractivity contribution in [2.45, 2.75) is 13.5 Å². The van der Waals surface area contributed by atoms with E-state index in [1.807, 2.05) is 12.3 Å². The molecule has 0 atom stereocenters. The monoisotopic (exact) mass is 293 g/mol. The van der Waals surface area contributed by atoms with E-state index in [0.29, 0.717) is 6.54 Å². The van der Waals surface area contributed by atoms with E-state index in [4.69, 9.17) is 5.11 Å². The number of thiazole rings is 1. The third-order valence-corrected chi connectivity index (χ3v) is 3.50. The molecular weight excluding hydrogens is 282 g/mol. The average molecular weight is 293 g/mol. The van der Waals surface area contributed by atoms with Gasteiger partial charge in [0.1, 0.15) is 10.7 Å². The van der Waals surface area contributed by atoms with Gasteiger partial charge in [0.05, 0.1) is 17.0 Å². The van der Waals surface area contributed by atoms with Gasteiger partial charge in [-0.3, -0.25) is 10.1 Å². The number of aromatic carboxylic acids is 1. The molecule has 0 saturated carbocycles. The number of nitro benzene ring substituents is 1. The van der Waals surface area contributed by atoms with E-state index in [9.17, 15) is 14.9 Å². The second-order valence-corrected chi connectivity index (χ2v) is 4.97. The normalized spacial score (nSPS) is 10.2. The Bertz CT molecular complexity index is 668. The minimum absolute atomic E-state index is 0.00609. The van der Waals surface area contributed by atoms with E-state index >= 15 is 0 Å². The van der Waals surface area contributed by atoms with Crippen LogP contribution in [0, 0.1) is 17.0 Å². The van der Waals surface area contributed by atoms with Gasteiger partial charge < -0.3 is 10.4 Å². The number of aryl methyl sites for hydroxylation is 1. The van der Waals surface area contributed by atoms with Gasteiger partial charge in [-0.15, -0.1) is 11.3 Å². The molecule has 2 aromatic rings. The Morgan fingerprint density at radius 3 is 2.85 bits per heavy atom. The first-order chi connectivity index (χ1) is 9.47. The largest absolute Gasteiger partial charge is 0.478 e. The zero-order valence-corrected chi connectivity index (χ0v) is 11.3. The molecule has 0 aliphatic heterocycles. The van der Waals surface area contributed by atoms with Crippen LogP contribution in [0.2, 0.25) is 0 Å². The van der Waals surface area contributed by atoms with Crippen LogP contribution in [-0.4, -0.2) is 21.0 Å². The van der Waals surface area contributed by atoms with Crippen LogP contribution >= 0.6 is 11.3 Å². The maximum absolute atomic E-state index is 10.9. The maximum Gasteiger partial charge on any atom is 0.335 e. The number of anilines is 1. The second-order valence-electron chi connectivity index (χ2n) is 4.03. The van der Waals surface area contributed by atoms with E-state index in [0.717, 1.165) is 10.7 Å². The molecule has 0 radical (unpaired) electrons. The Morgan fingerprint density at radius 2 is 2.30 bits per heavy atom. The lowest BCUT2D eigenvalue weighted by molar-refractivity contribution is -0.384. The smallest absolute Gasteiger partial charge is 0.335 e. The lowest BCUT2D eigenvalue weighted by Crippen LogP contribution is -2.05. The topological polar surface area (TPSA) is 105 Å². The van der Waals surface area contributed by atoms with E-state index in [-0.39, 0.29) is 16.9 Å². The second kappa shape index (κ2) is 5.66. The molecule has 0 fully saturated rings. The highest BCUT2D eigenvalue weighted by atomic mass is 32.1. The molecule has 1 aromatic carbocycles. The molecule has 20 heavy (non-hydrogen) atoms. The summed E-state index contributed by atoms with van der Waals surface area (Å²) >= 11 is 1.43. The van der Waals surface area contributed by atoms with E-state index in [1.54, 1.807) is 0 Å². The zero-order valence-electron chi connectivity index (χ0n) is 10.5. The molecular formula is C12H11N3O4S. The van der Waals surface area contributed by atoms with Crippen molar-refractivity contribution in [3.8, 4) is 0 Å². The van der Waals surface area contributed by atoms with E-state index in [2.05, 4.69) is 10.3 Å². The quantitative estimate of drug-likeness (QED) is 0.648. The van der Waals surface area contributed by atoms with Crippen LogP contribution in [0.5, 0.6) is 0 Å². The molecule has 0 saturated heterocycles. The van der Waals surface area contributed by atoms with Crippen LogP contribution in [0.25, 0.3) is 0 Å². The number of carbonyl (C=O) groups is 1. The van der Waals surface area contributed by atoms with Gasteiger partial charge in [0.25, 0.3) is 5.69 Å². The summed E-state index contributed by atoms with van der Waals surface area (Å²) in [6, 6.07) is 3.64. The summed E-state index contributed by atoms with van der Waals surface area (Å²) in [5, 5.41) is 25.4. The molecule has 0 amide bonds. The molecule has 1 heterocycles. The summed E-state index contributed by atoms with van der Waals surface area (Å²) in [6.07, 6.45) is 0. The first kappa shape index (κ1) is 13.9. The van der Waals surface area contributed by atoms with Crippen molar-refractivity contribution in [2.75, 3.05) is 5.32 Å². The molecule has 2 N–H and O–H groups in total. The van der Waals surface area contributed by atoms with Gasteiger partial charge in [0, 0.05) is 17.1 Å². The summed E-state index contributed by atoms with van der Waals surface area (Å²) in [4.78, 5) is 25.5. The van der Waals surface area contributed by atoms with Crippen LogP contribution in [-0.2, 0) is 6.54 Å². The van der Waals surface area contributed by atoms with Crippen molar-refractivity contribution < 1.29 is 14.8 Å². The SMILES string of the molecule is Cc1csc(CNc2cc(C(=O)O)ccc2[N+](=O)[O-])n1. The van der Waals surface area contributed by atoms with Crippen molar-refractivity contribution in [3.63, 3.8) is 0 Å². The highest BCUT2D eigenvalue weighted by molar-refractivity contribution is 7.09. The van der Waals surface area contributed by atoms with Crippen LogP contribution in [0.15, 0.2) is 23.6 Å². The third-order valence-electron chi connectivity index (χ3n) is 2.54. The molecule has 7 nitrogen and oxygen atoms in total. The van der Waals surface area contributed by atoms with Gasteiger partial charge in [-0.05, 0) is 19.1 Å². The summed E-state index contributed by atoms with van der Waals surface area (Å²) in [5.74, 6) is -1.13. The minimum Gasteiger partial charge on any atom is -0.478 e. The molecule has 0 unspecified atom stereocenters. The Morgan fingerprint density at radius 1 is 1.55 bits per heavy atom. The van der Waals surface area contributed by atoms with Crippen molar-refractivity contribution in [2.24, 2.45) is 0 Å². The zero-order chi connectivity index (χ0) is 14.7. The fourth-order valence-corrected chi connectivity index (χ4v) is 2.34. The van der Waals surface area contributed by atoms with Crippen molar-refractivity contribution in [1.29, 1.82) is 0 Å². The predicted octanol–water partition coefficient (Wildman–Crippen LogP) is 2.67. The van der Waals surface area contributed by atoms with E-state index < -0.39 is 10.9 Å². The molecule has 0 spiro atoms. The van der Waals surface area contributed by atoms with E-state index in [1.165, 1.54) is 29.5 Å². The average Bonchev–Trinajstić information content (AvgIpc) is 2.81. The first-order valence-corrected chi connectivity index (χ1v) is 6.52. The molecule has 8 heteroatoms. The van der Waals surface area contributed by atoms with Crippen molar-refractivity contribution in [1.82, 2.24) is 4.98 Å². The predicted molar refractivity (Wildman–Crippen MR) is 74.2 cm³/mol. The fraction of sp³-hybridized carbons (Fsp3) is 0.167. The number of hydrogen-bond donors (Lipinski definition) is 2. The molecule has 0 aliphatic carbocycles. The van der Waals surface area contributed by atoms with Crippen LogP contribution in [0.3, 0.4) is 0 Å². The number of carboxylic acid groups (broad SMARTS) is 1. The lowest BCUT2D eigenvalue weighted by atomic mass is 10.1. The summed E-state index contributed by atoms with van der Waals surface area (Å²) in [6.45, 7) is 2.16.